The van der Waals surface area contributed by atoms with Crippen molar-refractivity contribution in [2.45, 2.75) is 48.0 Å². The SMILES string of the molecule is CC1c2c(-c3ccccc3)cccc2C(S(C)(C)C2c3cccc(-c4ccccc4)c3C(C)C2c2ccccc2)C1c1ccccc1. The Morgan fingerprint density at radius 2 is 0.723 bits per heavy atom. The number of hydrogen-bond acceptors (Lipinski definition) is 0. The monoisotopic (exact) mass is 628 g/mol. The zero-order valence-electron chi connectivity index (χ0n) is 27.9. The molecule has 0 saturated heterocycles. The molecule has 2 aliphatic rings. The molecule has 0 N–H and O–H groups in total. The summed E-state index contributed by atoms with van der Waals surface area (Å²) in [4.78, 5) is 0. The fourth-order valence-electron chi connectivity index (χ4n) is 9.53. The molecule has 0 fully saturated rings. The van der Waals surface area contributed by atoms with Crippen molar-refractivity contribution in [1.82, 2.24) is 0 Å². The van der Waals surface area contributed by atoms with Crippen molar-refractivity contribution in [3.8, 4) is 22.3 Å². The molecule has 0 amide bonds. The first-order chi connectivity index (χ1) is 23.0. The summed E-state index contributed by atoms with van der Waals surface area (Å²) in [6.07, 6.45) is 5.37. The van der Waals surface area contributed by atoms with Crippen LogP contribution in [0.1, 0.15) is 81.4 Å². The lowest BCUT2D eigenvalue weighted by Gasteiger charge is -2.50. The molecule has 234 valence electrons. The lowest BCUT2D eigenvalue weighted by Crippen LogP contribution is -2.23. The second kappa shape index (κ2) is 12.0. The molecule has 6 aromatic rings. The first-order valence-electron chi connectivity index (χ1n) is 17.1. The van der Waals surface area contributed by atoms with Crippen molar-refractivity contribution in [2.75, 3.05) is 12.5 Å². The predicted molar refractivity (Wildman–Crippen MR) is 204 cm³/mol. The first kappa shape index (κ1) is 30.0. The Hall–Kier alpha value is -4.33. The van der Waals surface area contributed by atoms with Gasteiger partial charge in [-0.1, -0.05) is 172 Å². The number of hydrogen-bond donors (Lipinski definition) is 0. The van der Waals surface area contributed by atoms with Crippen molar-refractivity contribution >= 4 is 10.0 Å². The van der Waals surface area contributed by atoms with Crippen molar-refractivity contribution in [1.29, 1.82) is 0 Å². The molecule has 6 unspecified atom stereocenters. The van der Waals surface area contributed by atoms with E-state index in [0.29, 0.717) is 34.2 Å². The summed E-state index contributed by atoms with van der Waals surface area (Å²) in [7, 11) is -1.32. The van der Waals surface area contributed by atoms with Crippen LogP contribution in [0.3, 0.4) is 0 Å². The number of rotatable bonds is 6. The topological polar surface area (TPSA) is 0 Å². The quantitative estimate of drug-likeness (QED) is 0.172. The van der Waals surface area contributed by atoms with Gasteiger partial charge in [0.2, 0.25) is 0 Å². The minimum absolute atomic E-state index is 0.407. The van der Waals surface area contributed by atoms with Crippen LogP contribution in [0, 0.1) is 0 Å². The smallest absolute Gasteiger partial charge is 0.0218 e. The van der Waals surface area contributed by atoms with Gasteiger partial charge >= 0.3 is 0 Å². The van der Waals surface area contributed by atoms with Gasteiger partial charge in [0.25, 0.3) is 0 Å². The highest BCUT2D eigenvalue weighted by atomic mass is 32.3. The van der Waals surface area contributed by atoms with Gasteiger partial charge in [0, 0.05) is 22.3 Å². The molecule has 1 heteroatoms. The standard InChI is InChI=1S/C46H44S/c1-31-41(35-23-13-7-14-24-35)45(39-29-17-27-37(43(31)39)33-19-9-5-10-20-33)47(3,4)46-40-30-18-28-38(34-21-11-6-12-22-34)44(40)32(2)42(46)36-25-15-8-16-26-36/h5-32,41-42,45-46H,1-4H3. The fourth-order valence-corrected chi connectivity index (χ4v) is 13.9. The Labute approximate surface area is 282 Å². The van der Waals surface area contributed by atoms with Crippen LogP contribution >= 0.6 is 10.0 Å². The van der Waals surface area contributed by atoms with E-state index in [-0.39, 0.29) is 0 Å². The molecule has 0 nitrogen and oxygen atoms in total. The molecule has 2 aliphatic carbocycles. The average Bonchev–Trinajstić information content (AvgIpc) is 3.61. The van der Waals surface area contributed by atoms with E-state index in [9.17, 15) is 0 Å². The van der Waals surface area contributed by atoms with Gasteiger partial charge in [-0.25, -0.2) is 10.0 Å². The lowest BCUT2D eigenvalue weighted by molar-refractivity contribution is 0.590. The van der Waals surface area contributed by atoms with Gasteiger partial charge < -0.3 is 0 Å². The molecule has 0 spiro atoms. The normalized spacial score (nSPS) is 23.7. The van der Waals surface area contributed by atoms with Crippen LogP contribution in [-0.4, -0.2) is 12.5 Å². The minimum atomic E-state index is -1.32. The van der Waals surface area contributed by atoms with E-state index in [4.69, 9.17) is 0 Å². The molecule has 0 saturated carbocycles. The zero-order valence-corrected chi connectivity index (χ0v) is 28.7. The Morgan fingerprint density at radius 1 is 0.383 bits per heavy atom. The van der Waals surface area contributed by atoms with Crippen LogP contribution in [0.4, 0.5) is 0 Å². The summed E-state index contributed by atoms with van der Waals surface area (Å²) in [5, 5.41) is 0.849. The van der Waals surface area contributed by atoms with E-state index in [1.165, 1.54) is 33.4 Å². The number of benzene rings is 6. The molecule has 0 aliphatic heterocycles. The highest BCUT2D eigenvalue weighted by molar-refractivity contribution is 8.33. The third kappa shape index (κ3) is 4.90. The molecule has 0 bridgehead atoms. The molecular formula is C46H44S. The van der Waals surface area contributed by atoms with Gasteiger partial charge in [-0.05, 0) is 80.0 Å². The third-order valence-electron chi connectivity index (χ3n) is 11.4. The zero-order chi connectivity index (χ0) is 32.1. The van der Waals surface area contributed by atoms with Crippen molar-refractivity contribution in [3.63, 3.8) is 0 Å². The minimum Gasteiger partial charge on any atom is -0.232 e. The molecule has 47 heavy (non-hydrogen) atoms. The van der Waals surface area contributed by atoms with Crippen molar-refractivity contribution < 1.29 is 0 Å². The Balaban J connectivity index is 1.37. The second-order valence-electron chi connectivity index (χ2n) is 14.1. The molecule has 0 heterocycles. The molecular weight excluding hydrogens is 585 g/mol. The van der Waals surface area contributed by atoms with Gasteiger partial charge in [0.05, 0.1) is 0 Å². The Bertz CT molecular complexity index is 1850. The maximum atomic E-state index is 2.68. The first-order valence-corrected chi connectivity index (χ1v) is 19.7. The van der Waals surface area contributed by atoms with E-state index in [0.717, 1.165) is 0 Å². The summed E-state index contributed by atoms with van der Waals surface area (Å²) >= 11 is 0. The third-order valence-corrected chi connectivity index (χ3v) is 15.1. The van der Waals surface area contributed by atoms with Crippen LogP contribution < -0.4 is 0 Å². The summed E-state index contributed by atoms with van der Waals surface area (Å²) < 4.78 is 0. The van der Waals surface area contributed by atoms with Gasteiger partial charge in [0.1, 0.15) is 0 Å². The lowest BCUT2D eigenvalue weighted by atomic mass is 9.85. The van der Waals surface area contributed by atoms with Crippen LogP contribution in [0.5, 0.6) is 0 Å². The highest BCUT2D eigenvalue weighted by Gasteiger charge is 2.53. The van der Waals surface area contributed by atoms with E-state index < -0.39 is 10.0 Å². The number of fused-ring (bicyclic) bond motifs is 2. The summed E-state index contributed by atoms with van der Waals surface area (Å²) in [6, 6.07) is 59.4. The van der Waals surface area contributed by atoms with Gasteiger partial charge in [-0.15, -0.1) is 0 Å². The summed E-state index contributed by atoms with van der Waals surface area (Å²) in [5.74, 6) is 1.64. The van der Waals surface area contributed by atoms with Gasteiger partial charge in [-0.2, -0.15) is 0 Å². The Kier molecular flexibility index (Phi) is 7.69. The molecule has 0 aromatic heterocycles. The van der Waals surface area contributed by atoms with Crippen LogP contribution in [0.2, 0.25) is 0 Å². The van der Waals surface area contributed by atoms with Crippen LogP contribution in [-0.2, 0) is 0 Å². The van der Waals surface area contributed by atoms with E-state index in [1.54, 1.807) is 22.3 Å². The van der Waals surface area contributed by atoms with Crippen molar-refractivity contribution in [3.05, 3.63) is 191 Å². The summed E-state index contributed by atoms with van der Waals surface area (Å²) in [5.41, 5.74) is 14.7. The van der Waals surface area contributed by atoms with Crippen LogP contribution in [0.15, 0.2) is 158 Å². The molecule has 6 atom stereocenters. The second-order valence-corrected chi connectivity index (χ2v) is 18.1. The molecule has 0 radical (unpaired) electrons. The van der Waals surface area contributed by atoms with E-state index in [2.05, 4.69) is 184 Å². The largest absolute Gasteiger partial charge is 0.232 e. The van der Waals surface area contributed by atoms with E-state index >= 15 is 0 Å². The maximum Gasteiger partial charge on any atom is 0.0218 e. The summed E-state index contributed by atoms with van der Waals surface area (Å²) in [6.45, 7) is 5.01. The maximum absolute atomic E-state index is 2.68. The van der Waals surface area contributed by atoms with Crippen LogP contribution in [0.25, 0.3) is 22.3 Å². The highest BCUT2D eigenvalue weighted by Crippen LogP contribution is 2.79. The van der Waals surface area contributed by atoms with Gasteiger partial charge in [-0.3, -0.25) is 0 Å². The van der Waals surface area contributed by atoms with E-state index in [1.807, 2.05) is 0 Å². The molecule has 6 aromatic carbocycles. The van der Waals surface area contributed by atoms with Gasteiger partial charge in [0.15, 0.2) is 0 Å². The molecule has 8 rings (SSSR count). The Morgan fingerprint density at radius 3 is 1.09 bits per heavy atom. The van der Waals surface area contributed by atoms with Crippen molar-refractivity contribution in [2.24, 2.45) is 0 Å². The fraction of sp³-hybridized carbons (Fsp3) is 0.217. The predicted octanol–water partition coefficient (Wildman–Crippen LogP) is 12.7. The average molecular weight is 629 g/mol.